The van der Waals surface area contributed by atoms with E-state index in [9.17, 15) is 14.9 Å². The highest BCUT2D eigenvalue weighted by atomic mass is 16.6. The lowest BCUT2D eigenvalue weighted by Crippen LogP contribution is -2.23. The molecule has 0 saturated heterocycles. The molecule has 0 saturated carbocycles. The maximum Gasteiger partial charge on any atom is 0.316 e. The fourth-order valence-electron chi connectivity index (χ4n) is 2.34. The summed E-state index contributed by atoms with van der Waals surface area (Å²) >= 11 is 0. The van der Waals surface area contributed by atoms with Gasteiger partial charge >= 0.3 is 17.5 Å². The second-order valence-electron chi connectivity index (χ2n) is 5.54. The Morgan fingerprint density at radius 1 is 1.32 bits per heavy atom. The molecule has 12 nitrogen and oxygen atoms in total. The molecule has 0 bridgehead atoms. The molecule has 0 unspecified atom stereocenters. The van der Waals surface area contributed by atoms with Gasteiger partial charge in [0.1, 0.15) is 18.9 Å². The van der Waals surface area contributed by atoms with Gasteiger partial charge in [0.05, 0.1) is 19.1 Å². The first-order valence-corrected chi connectivity index (χ1v) is 7.98. The molecular formula is C16H16N6O6. The van der Waals surface area contributed by atoms with E-state index in [2.05, 4.69) is 20.6 Å². The summed E-state index contributed by atoms with van der Waals surface area (Å²) in [6.45, 7) is 0.239. The Balaban J connectivity index is 1.60. The predicted octanol–water partition coefficient (Wildman–Crippen LogP) is 1.17. The number of amides is 1. The zero-order chi connectivity index (χ0) is 20.1. The normalized spacial score (nSPS) is 10.5. The third kappa shape index (κ3) is 4.23. The summed E-state index contributed by atoms with van der Waals surface area (Å²) < 4.78 is 16.6. The highest BCUT2D eigenvalue weighted by Crippen LogP contribution is 2.27. The Kier molecular flexibility index (Phi) is 5.48. The average molecular weight is 388 g/mol. The van der Waals surface area contributed by atoms with E-state index in [1.807, 2.05) is 0 Å². The van der Waals surface area contributed by atoms with Gasteiger partial charge in [-0.15, -0.1) is 0 Å². The van der Waals surface area contributed by atoms with E-state index in [0.29, 0.717) is 11.5 Å². The summed E-state index contributed by atoms with van der Waals surface area (Å²) in [5, 5.41) is 20.8. The largest absolute Gasteiger partial charge is 0.493 e. The summed E-state index contributed by atoms with van der Waals surface area (Å²) in [6.07, 6.45) is 2.34. The van der Waals surface area contributed by atoms with Crippen LogP contribution in [0.2, 0.25) is 0 Å². The van der Waals surface area contributed by atoms with Crippen molar-refractivity contribution < 1.29 is 23.7 Å². The van der Waals surface area contributed by atoms with Crippen LogP contribution in [0.15, 0.2) is 35.1 Å². The zero-order valence-corrected chi connectivity index (χ0v) is 15.0. The summed E-state index contributed by atoms with van der Waals surface area (Å²) in [5.41, 5.74) is 0.631. The highest BCUT2D eigenvalue weighted by Gasteiger charge is 2.17. The second-order valence-corrected chi connectivity index (χ2v) is 5.54. The first kappa shape index (κ1) is 18.8. The highest BCUT2D eigenvalue weighted by molar-refractivity contribution is 5.89. The standard InChI is InChI=1S/C16H16N6O6/c1-26-12-4-3-10(5-13(12)27-2)6-17-15(23)16-19-14(20-28-16)9-21-8-11(7-18-21)22(24)25/h3-5,7-8H,6,9H2,1-2H3,(H,17,23). The second kappa shape index (κ2) is 8.16. The monoisotopic (exact) mass is 388 g/mol. The molecule has 1 amide bonds. The number of nitrogens with zero attached hydrogens (tertiary/aromatic N) is 5. The number of benzene rings is 1. The number of carbonyl (C=O) groups excluding carboxylic acids is 1. The van der Waals surface area contributed by atoms with Gasteiger partial charge in [0.25, 0.3) is 0 Å². The molecule has 0 fully saturated rings. The van der Waals surface area contributed by atoms with Gasteiger partial charge < -0.3 is 19.3 Å². The van der Waals surface area contributed by atoms with Gasteiger partial charge in [-0.3, -0.25) is 19.6 Å². The molecule has 12 heteroatoms. The molecule has 0 aliphatic rings. The van der Waals surface area contributed by atoms with Crippen LogP contribution in [0.3, 0.4) is 0 Å². The summed E-state index contributed by atoms with van der Waals surface area (Å²) in [4.78, 5) is 26.2. The Morgan fingerprint density at radius 2 is 2.11 bits per heavy atom. The lowest BCUT2D eigenvalue weighted by molar-refractivity contribution is -0.385. The minimum Gasteiger partial charge on any atom is -0.493 e. The molecule has 1 N–H and O–H groups in total. The number of methoxy groups -OCH3 is 2. The molecule has 3 aromatic rings. The quantitative estimate of drug-likeness (QED) is 0.443. The van der Waals surface area contributed by atoms with E-state index >= 15 is 0 Å². The molecule has 2 heterocycles. The molecule has 0 aliphatic heterocycles. The van der Waals surface area contributed by atoms with Gasteiger partial charge in [-0.2, -0.15) is 10.1 Å². The van der Waals surface area contributed by atoms with E-state index in [4.69, 9.17) is 14.0 Å². The minimum absolute atomic E-state index is 0.0281. The van der Waals surface area contributed by atoms with Crippen LogP contribution in [0, 0.1) is 10.1 Å². The number of hydrogen-bond donors (Lipinski definition) is 1. The third-order valence-corrected chi connectivity index (χ3v) is 3.70. The third-order valence-electron chi connectivity index (χ3n) is 3.70. The van der Waals surface area contributed by atoms with Crippen LogP contribution >= 0.6 is 0 Å². The van der Waals surface area contributed by atoms with Crippen molar-refractivity contribution in [3.63, 3.8) is 0 Å². The smallest absolute Gasteiger partial charge is 0.316 e. The van der Waals surface area contributed by atoms with Gasteiger partial charge in [0.2, 0.25) is 0 Å². The Labute approximate surface area is 158 Å². The summed E-state index contributed by atoms with van der Waals surface area (Å²) in [7, 11) is 3.06. The molecule has 3 rings (SSSR count). The molecule has 146 valence electrons. The van der Waals surface area contributed by atoms with E-state index in [1.165, 1.54) is 25.1 Å². The fraction of sp³-hybridized carbons (Fsp3) is 0.250. The molecule has 0 aliphatic carbocycles. The molecule has 1 aromatic carbocycles. The van der Waals surface area contributed by atoms with E-state index in [0.717, 1.165) is 11.8 Å². The van der Waals surface area contributed by atoms with Crippen LogP contribution in [0.5, 0.6) is 11.5 Å². The number of rotatable bonds is 8. The van der Waals surface area contributed by atoms with E-state index in [1.54, 1.807) is 18.2 Å². The first-order chi connectivity index (χ1) is 13.5. The number of aromatic nitrogens is 4. The topological polar surface area (TPSA) is 147 Å². The number of hydrogen-bond acceptors (Lipinski definition) is 9. The zero-order valence-electron chi connectivity index (χ0n) is 15.0. The van der Waals surface area contributed by atoms with Crippen molar-refractivity contribution in [3.8, 4) is 11.5 Å². The minimum atomic E-state index is -0.563. The van der Waals surface area contributed by atoms with Gasteiger partial charge in [-0.05, 0) is 17.7 Å². The van der Waals surface area contributed by atoms with Crippen LogP contribution in [-0.2, 0) is 13.1 Å². The van der Waals surface area contributed by atoms with Crippen molar-refractivity contribution in [3.05, 3.63) is 58.0 Å². The Bertz CT molecular complexity index is 997. The summed E-state index contributed by atoms with van der Waals surface area (Å²) in [5.74, 6) is 0.506. The van der Waals surface area contributed by atoms with Crippen molar-refractivity contribution in [2.45, 2.75) is 13.1 Å². The van der Waals surface area contributed by atoms with Gasteiger partial charge in [-0.1, -0.05) is 11.2 Å². The lowest BCUT2D eigenvalue weighted by atomic mass is 10.2. The summed E-state index contributed by atoms with van der Waals surface area (Å²) in [6, 6.07) is 5.25. The molecule has 2 aromatic heterocycles. The maximum atomic E-state index is 12.2. The molecule has 0 atom stereocenters. The number of nitro groups is 1. The number of ether oxygens (including phenoxy) is 2. The van der Waals surface area contributed by atoms with E-state index in [-0.39, 0.29) is 30.5 Å². The predicted molar refractivity (Wildman–Crippen MR) is 93.0 cm³/mol. The van der Waals surface area contributed by atoms with Gasteiger partial charge in [-0.25, -0.2) is 0 Å². The van der Waals surface area contributed by atoms with Crippen LogP contribution in [0.4, 0.5) is 5.69 Å². The van der Waals surface area contributed by atoms with Crippen molar-refractivity contribution in [2.24, 2.45) is 0 Å². The molecule has 28 heavy (non-hydrogen) atoms. The average Bonchev–Trinajstić information content (AvgIpc) is 3.36. The Hall–Kier alpha value is -3.96. The number of nitrogens with one attached hydrogen (secondary N) is 1. The van der Waals surface area contributed by atoms with Crippen molar-refractivity contribution in [1.82, 2.24) is 25.2 Å². The van der Waals surface area contributed by atoms with Gasteiger partial charge in [0.15, 0.2) is 17.3 Å². The van der Waals surface area contributed by atoms with Crippen molar-refractivity contribution in [2.75, 3.05) is 14.2 Å². The van der Waals surface area contributed by atoms with Crippen LogP contribution in [-0.4, -0.2) is 45.0 Å². The molecule has 0 radical (unpaired) electrons. The van der Waals surface area contributed by atoms with Crippen molar-refractivity contribution >= 4 is 11.6 Å². The lowest BCUT2D eigenvalue weighted by Gasteiger charge is -2.09. The van der Waals surface area contributed by atoms with Crippen LogP contribution in [0.25, 0.3) is 0 Å². The fourth-order valence-corrected chi connectivity index (χ4v) is 2.34. The van der Waals surface area contributed by atoms with E-state index < -0.39 is 10.8 Å². The molecule has 0 spiro atoms. The molecular weight excluding hydrogens is 372 g/mol. The SMILES string of the molecule is COc1ccc(CNC(=O)c2nc(Cn3cc([N+](=O)[O-])cn3)no2)cc1OC. The number of carbonyl (C=O) groups is 1. The van der Waals surface area contributed by atoms with Crippen LogP contribution in [0.1, 0.15) is 22.1 Å². The van der Waals surface area contributed by atoms with Gasteiger partial charge in [0, 0.05) is 6.54 Å². The van der Waals surface area contributed by atoms with Crippen LogP contribution < -0.4 is 14.8 Å². The van der Waals surface area contributed by atoms with Crippen molar-refractivity contribution in [1.29, 1.82) is 0 Å². The Morgan fingerprint density at radius 3 is 2.79 bits per heavy atom. The first-order valence-electron chi connectivity index (χ1n) is 7.98. The maximum absolute atomic E-state index is 12.2.